The van der Waals surface area contributed by atoms with Crippen molar-refractivity contribution in [3.63, 3.8) is 0 Å². The van der Waals surface area contributed by atoms with Gasteiger partial charge >= 0.3 is 0 Å². The van der Waals surface area contributed by atoms with E-state index >= 15 is 0 Å². The van der Waals surface area contributed by atoms with E-state index in [-0.39, 0.29) is 0 Å². The monoisotopic (exact) mass is 437 g/mol. The summed E-state index contributed by atoms with van der Waals surface area (Å²) < 4.78 is 13.6. The van der Waals surface area contributed by atoms with Gasteiger partial charge in [0.15, 0.2) is 5.82 Å². The lowest BCUT2D eigenvalue weighted by atomic mass is 10.00. The lowest BCUT2D eigenvalue weighted by Crippen LogP contribution is -2.38. The van der Waals surface area contributed by atoms with Crippen LogP contribution in [0, 0.1) is 6.92 Å². The van der Waals surface area contributed by atoms with Gasteiger partial charge in [-0.15, -0.1) is 10.2 Å². The predicted octanol–water partition coefficient (Wildman–Crippen LogP) is 3.29. The molecule has 8 heteroatoms. The molecule has 2 aliphatic rings. The van der Waals surface area contributed by atoms with Gasteiger partial charge in [0.05, 0.1) is 24.6 Å². The van der Waals surface area contributed by atoms with Gasteiger partial charge in [0.25, 0.3) is 0 Å². The van der Waals surface area contributed by atoms with Gasteiger partial charge in [0.2, 0.25) is 0 Å². The van der Waals surface area contributed by atoms with Crippen LogP contribution in [0.4, 0.5) is 0 Å². The average molecular weight is 438 g/mol. The molecule has 0 aliphatic carbocycles. The van der Waals surface area contributed by atoms with Crippen LogP contribution in [0.15, 0.2) is 47.5 Å². The van der Waals surface area contributed by atoms with Gasteiger partial charge in [-0.25, -0.2) is 0 Å². The molecular formula is C23H24ClN5O2. The molecule has 2 aliphatic heterocycles. The standard InChI is InChI=1S/C23H24ClN5O2/c1-16-26-27-22-15-25-23(18-4-2-3-5-20(18)24)19-14-17(6-7-21(19)29(16)22)31-13-10-28-8-11-30-12-9-28/h2-7,14H,8-13,15H2,1H3. The smallest absolute Gasteiger partial charge is 0.159 e. The maximum absolute atomic E-state index is 6.54. The van der Waals surface area contributed by atoms with E-state index in [0.29, 0.717) is 18.2 Å². The Morgan fingerprint density at radius 1 is 1.06 bits per heavy atom. The third kappa shape index (κ3) is 4.08. The van der Waals surface area contributed by atoms with Crippen LogP contribution >= 0.6 is 11.6 Å². The molecule has 0 bridgehead atoms. The van der Waals surface area contributed by atoms with Crippen LogP contribution in [-0.2, 0) is 11.3 Å². The SMILES string of the molecule is Cc1nnc2n1-c1ccc(OCCN3CCOCC3)cc1C(c1ccccc1Cl)=NC2. The van der Waals surface area contributed by atoms with Crippen LogP contribution in [-0.4, -0.2) is 64.8 Å². The Morgan fingerprint density at radius 2 is 1.90 bits per heavy atom. The van der Waals surface area contributed by atoms with Gasteiger partial charge in [-0.2, -0.15) is 0 Å². The van der Waals surface area contributed by atoms with Crippen molar-refractivity contribution in [2.45, 2.75) is 13.5 Å². The molecule has 0 amide bonds. The number of aryl methyl sites for hydroxylation is 1. The fourth-order valence-corrected chi connectivity index (χ4v) is 4.27. The van der Waals surface area contributed by atoms with Gasteiger partial charge in [-0.05, 0) is 31.2 Å². The number of aromatic nitrogens is 3. The fourth-order valence-electron chi connectivity index (χ4n) is 4.05. The van der Waals surface area contributed by atoms with E-state index in [1.54, 1.807) is 0 Å². The summed E-state index contributed by atoms with van der Waals surface area (Å²) in [5.74, 6) is 2.44. The first-order valence-electron chi connectivity index (χ1n) is 10.5. The molecule has 1 aromatic heterocycles. The quantitative estimate of drug-likeness (QED) is 0.612. The molecule has 3 heterocycles. The zero-order valence-electron chi connectivity index (χ0n) is 17.4. The Balaban J connectivity index is 1.49. The van der Waals surface area contributed by atoms with Crippen molar-refractivity contribution in [1.29, 1.82) is 0 Å². The summed E-state index contributed by atoms with van der Waals surface area (Å²) in [6.45, 7) is 7.36. The number of morpholine rings is 1. The fraction of sp³-hybridized carbons (Fsp3) is 0.348. The van der Waals surface area contributed by atoms with Crippen LogP contribution in [0.1, 0.15) is 22.8 Å². The van der Waals surface area contributed by atoms with Gasteiger partial charge in [-0.1, -0.05) is 29.8 Å². The summed E-state index contributed by atoms with van der Waals surface area (Å²) in [7, 11) is 0. The summed E-state index contributed by atoms with van der Waals surface area (Å²) in [5, 5.41) is 9.23. The molecule has 2 aromatic carbocycles. The summed E-state index contributed by atoms with van der Waals surface area (Å²) in [6.07, 6.45) is 0. The number of fused-ring (bicyclic) bond motifs is 3. The van der Waals surface area contributed by atoms with Crippen molar-refractivity contribution in [2.24, 2.45) is 4.99 Å². The third-order valence-electron chi connectivity index (χ3n) is 5.64. The highest BCUT2D eigenvalue weighted by Crippen LogP contribution is 2.31. The minimum atomic E-state index is 0.434. The highest BCUT2D eigenvalue weighted by Gasteiger charge is 2.23. The van der Waals surface area contributed by atoms with E-state index < -0.39 is 0 Å². The second kappa shape index (κ2) is 8.78. The molecule has 3 aromatic rings. The number of benzene rings is 2. The summed E-state index contributed by atoms with van der Waals surface area (Å²) in [5.41, 5.74) is 3.67. The molecule has 5 rings (SSSR count). The molecule has 1 fully saturated rings. The van der Waals surface area contributed by atoms with Crippen molar-refractivity contribution >= 4 is 17.3 Å². The molecule has 0 radical (unpaired) electrons. The molecule has 0 spiro atoms. The van der Waals surface area contributed by atoms with Crippen molar-refractivity contribution in [3.8, 4) is 11.4 Å². The van der Waals surface area contributed by atoms with Crippen LogP contribution < -0.4 is 4.74 Å². The first-order valence-corrected chi connectivity index (χ1v) is 10.9. The Bertz CT molecular complexity index is 1120. The second-order valence-electron chi connectivity index (χ2n) is 7.62. The molecule has 0 saturated carbocycles. The van der Waals surface area contributed by atoms with E-state index in [9.17, 15) is 0 Å². The van der Waals surface area contributed by atoms with Crippen molar-refractivity contribution < 1.29 is 9.47 Å². The highest BCUT2D eigenvalue weighted by atomic mass is 35.5. The number of rotatable bonds is 5. The van der Waals surface area contributed by atoms with Crippen molar-refractivity contribution in [2.75, 3.05) is 39.5 Å². The summed E-state index contributed by atoms with van der Waals surface area (Å²) >= 11 is 6.54. The second-order valence-corrected chi connectivity index (χ2v) is 8.03. The van der Waals surface area contributed by atoms with E-state index in [1.807, 2.05) is 43.3 Å². The molecular weight excluding hydrogens is 414 g/mol. The topological polar surface area (TPSA) is 64.8 Å². The maximum Gasteiger partial charge on any atom is 0.159 e. The normalized spacial score (nSPS) is 16.3. The molecule has 160 valence electrons. The summed E-state index contributed by atoms with van der Waals surface area (Å²) in [4.78, 5) is 7.23. The number of aliphatic imine (C=N–C) groups is 1. The zero-order chi connectivity index (χ0) is 21.2. The lowest BCUT2D eigenvalue weighted by molar-refractivity contribution is 0.0322. The van der Waals surface area contributed by atoms with Crippen LogP contribution in [0.5, 0.6) is 5.75 Å². The van der Waals surface area contributed by atoms with Crippen molar-refractivity contribution in [3.05, 3.63) is 70.3 Å². The lowest BCUT2D eigenvalue weighted by Gasteiger charge is -2.26. The average Bonchev–Trinajstić information content (AvgIpc) is 3.07. The number of hydrogen-bond donors (Lipinski definition) is 0. The first kappa shape index (κ1) is 20.2. The van der Waals surface area contributed by atoms with Gasteiger partial charge in [-0.3, -0.25) is 14.5 Å². The molecule has 0 unspecified atom stereocenters. The number of halogens is 1. The molecule has 1 saturated heterocycles. The van der Waals surface area contributed by atoms with E-state index in [1.165, 1.54) is 0 Å². The third-order valence-corrected chi connectivity index (χ3v) is 5.97. The zero-order valence-corrected chi connectivity index (χ0v) is 18.2. The van der Waals surface area contributed by atoms with E-state index in [2.05, 4.69) is 25.7 Å². The van der Waals surface area contributed by atoms with Gasteiger partial charge in [0.1, 0.15) is 24.7 Å². The first-order chi connectivity index (χ1) is 15.2. The Kier molecular flexibility index (Phi) is 5.72. The van der Waals surface area contributed by atoms with Crippen LogP contribution in [0.25, 0.3) is 5.69 Å². The Morgan fingerprint density at radius 3 is 2.74 bits per heavy atom. The maximum atomic E-state index is 6.54. The van der Waals surface area contributed by atoms with E-state index in [0.717, 1.165) is 72.8 Å². The molecule has 31 heavy (non-hydrogen) atoms. The Labute approximate surface area is 186 Å². The number of ether oxygens (including phenoxy) is 2. The predicted molar refractivity (Wildman–Crippen MR) is 120 cm³/mol. The summed E-state index contributed by atoms with van der Waals surface area (Å²) in [6, 6.07) is 13.9. The minimum Gasteiger partial charge on any atom is -0.492 e. The molecule has 0 N–H and O–H groups in total. The minimum absolute atomic E-state index is 0.434. The Hall–Kier alpha value is -2.74. The van der Waals surface area contributed by atoms with Crippen LogP contribution in [0.2, 0.25) is 5.02 Å². The number of nitrogens with zero attached hydrogens (tertiary/aromatic N) is 5. The van der Waals surface area contributed by atoms with Gasteiger partial charge < -0.3 is 9.47 Å². The molecule has 7 nitrogen and oxygen atoms in total. The number of hydrogen-bond acceptors (Lipinski definition) is 6. The highest BCUT2D eigenvalue weighted by molar-refractivity contribution is 6.35. The largest absolute Gasteiger partial charge is 0.492 e. The van der Waals surface area contributed by atoms with Crippen molar-refractivity contribution in [1.82, 2.24) is 19.7 Å². The van der Waals surface area contributed by atoms with E-state index in [4.69, 9.17) is 26.1 Å². The van der Waals surface area contributed by atoms with Crippen LogP contribution in [0.3, 0.4) is 0 Å². The molecule has 0 atom stereocenters. The van der Waals surface area contributed by atoms with Gasteiger partial charge in [0, 0.05) is 35.8 Å².